The molecule has 4 heteroatoms. The van der Waals surface area contributed by atoms with E-state index in [9.17, 15) is 0 Å². The minimum absolute atomic E-state index is 0.381. The van der Waals surface area contributed by atoms with Gasteiger partial charge in [-0.1, -0.05) is 151 Å². The highest BCUT2D eigenvalue weighted by Crippen LogP contribution is 2.29. The van der Waals surface area contributed by atoms with Crippen molar-refractivity contribution in [2.75, 3.05) is 0 Å². The third-order valence-electron chi connectivity index (χ3n) is 7.44. The van der Waals surface area contributed by atoms with Gasteiger partial charge < -0.3 is 4.57 Å². The molecule has 2 nitrogen and oxygen atoms in total. The largest absolute Gasteiger partial charge is 0.346 e. The minimum atomic E-state index is -0.477. The van der Waals surface area contributed by atoms with Crippen LogP contribution in [0.1, 0.15) is 47.9 Å². The van der Waals surface area contributed by atoms with Gasteiger partial charge in [-0.2, -0.15) is 0 Å². The van der Waals surface area contributed by atoms with Crippen molar-refractivity contribution in [3.05, 3.63) is 167 Å². The molecule has 0 aliphatic rings. The van der Waals surface area contributed by atoms with Crippen molar-refractivity contribution in [3.8, 4) is 0 Å². The maximum atomic E-state index is 4.75. The third-order valence-corrected chi connectivity index (χ3v) is 9.57. The van der Waals surface area contributed by atoms with Crippen LogP contribution >= 0.6 is 0 Å². The summed E-state index contributed by atoms with van der Waals surface area (Å²) < 4.78 is 2.34. The summed E-state index contributed by atoms with van der Waals surface area (Å²) in [5.41, 5.74) is 7.33. The summed E-state index contributed by atoms with van der Waals surface area (Å²) in [4.78, 5) is 4.75. The van der Waals surface area contributed by atoms with Gasteiger partial charge in [0.05, 0.1) is 15.2 Å². The van der Waals surface area contributed by atoms with Crippen molar-refractivity contribution in [2.45, 2.75) is 31.9 Å². The Morgan fingerprint density at radius 3 is 1.98 bits per heavy atom. The Hall–Kier alpha value is -4.15. The van der Waals surface area contributed by atoms with Crippen molar-refractivity contribution in [1.82, 2.24) is 9.55 Å². The van der Waals surface area contributed by atoms with E-state index in [1.54, 1.807) is 5.20 Å². The van der Waals surface area contributed by atoms with Crippen LogP contribution in [0.25, 0.3) is 11.5 Å². The Balaban J connectivity index is 1.31. The topological polar surface area (TPSA) is 17.8 Å². The first-order chi connectivity index (χ1) is 19.8. The lowest BCUT2D eigenvalue weighted by Crippen LogP contribution is -2.29. The number of hydrogen-bond acceptors (Lipinski definition) is 1. The summed E-state index contributed by atoms with van der Waals surface area (Å²) in [6.07, 6.45) is 12.0. The SMILES string of the molecule is CCC(=CCC(c1ccccc1)c1ccccc1)[SiH2]Cn1ccnc1[B]C(=Cc1ccccc1)c1ccccc1. The molecule has 197 valence electrons. The number of rotatable bonds is 12. The summed E-state index contributed by atoms with van der Waals surface area (Å²) in [7, 11) is 1.75. The number of hydrogen-bond donors (Lipinski definition) is 0. The van der Waals surface area contributed by atoms with Crippen LogP contribution in [-0.2, 0) is 6.17 Å². The molecule has 0 fully saturated rings. The quantitative estimate of drug-likeness (QED) is 0.124. The van der Waals surface area contributed by atoms with E-state index in [-0.39, 0.29) is 0 Å². The van der Waals surface area contributed by atoms with Gasteiger partial charge >= 0.3 is 0 Å². The molecule has 0 N–H and O–H groups in total. The predicted octanol–water partition coefficient (Wildman–Crippen LogP) is 7.05. The Bertz CT molecular complexity index is 1470. The second-order valence-electron chi connectivity index (χ2n) is 10.1. The lowest BCUT2D eigenvalue weighted by atomic mass is 9.65. The lowest BCUT2D eigenvalue weighted by Gasteiger charge is -2.17. The standard InChI is InChI=1S/C36H36BN2Si/c1-2-33(23-24-34(30-17-9-4-10-18-30)31-19-11-5-12-20-31)40-28-39-26-25-38-36(39)37-35(32-21-13-6-14-22-32)27-29-15-7-3-8-16-29/h3-23,25-27,34H,2,24,28,40H2,1H3. The Morgan fingerprint density at radius 2 is 1.38 bits per heavy atom. The molecule has 0 saturated heterocycles. The van der Waals surface area contributed by atoms with Gasteiger partial charge in [-0.15, -0.1) is 0 Å². The van der Waals surface area contributed by atoms with E-state index >= 15 is 0 Å². The molecule has 0 aliphatic heterocycles. The van der Waals surface area contributed by atoms with Crippen molar-refractivity contribution in [1.29, 1.82) is 0 Å². The van der Waals surface area contributed by atoms with Gasteiger partial charge in [0.1, 0.15) is 0 Å². The zero-order valence-electron chi connectivity index (χ0n) is 23.2. The van der Waals surface area contributed by atoms with Crippen molar-refractivity contribution < 1.29 is 0 Å². The van der Waals surface area contributed by atoms with Crippen LogP contribution in [0.4, 0.5) is 0 Å². The van der Waals surface area contributed by atoms with Crippen LogP contribution in [-0.4, -0.2) is 26.4 Å². The molecule has 4 aromatic carbocycles. The number of allylic oxidation sites excluding steroid dienone is 2. The van der Waals surface area contributed by atoms with Crippen LogP contribution in [0.3, 0.4) is 0 Å². The first kappa shape index (κ1) is 27.4. The van der Waals surface area contributed by atoms with E-state index in [0.717, 1.165) is 24.7 Å². The van der Waals surface area contributed by atoms with Crippen molar-refractivity contribution >= 4 is 34.1 Å². The molecule has 5 rings (SSSR count). The van der Waals surface area contributed by atoms with Crippen LogP contribution in [0.2, 0.25) is 0 Å². The molecular weight excluding hydrogens is 499 g/mol. The van der Waals surface area contributed by atoms with Gasteiger partial charge in [-0.25, -0.2) is 0 Å². The zero-order chi connectivity index (χ0) is 27.4. The first-order valence-corrected chi connectivity index (χ1v) is 16.0. The van der Waals surface area contributed by atoms with Crippen LogP contribution in [0, 0.1) is 0 Å². The average molecular weight is 536 g/mol. The highest BCUT2D eigenvalue weighted by molar-refractivity contribution is 6.73. The molecule has 0 amide bonds. The first-order valence-electron chi connectivity index (χ1n) is 14.3. The van der Waals surface area contributed by atoms with E-state index in [2.05, 4.69) is 158 Å². The van der Waals surface area contributed by atoms with Gasteiger partial charge in [0, 0.05) is 24.5 Å². The average Bonchev–Trinajstić information content (AvgIpc) is 3.47. The number of benzene rings is 4. The van der Waals surface area contributed by atoms with Crippen LogP contribution in [0.15, 0.2) is 145 Å². The molecule has 5 aromatic rings. The second kappa shape index (κ2) is 14.3. The summed E-state index contributed by atoms with van der Waals surface area (Å²) in [5, 5.41) is 1.62. The fraction of sp³-hybridized carbons (Fsp3) is 0.139. The van der Waals surface area contributed by atoms with E-state index in [1.165, 1.54) is 27.7 Å². The second-order valence-corrected chi connectivity index (χ2v) is 11.9. The maximum absolute atomic E-state index is 4.75. The van der Waals surface area contributed by atoms with Gasteiger partial charge in [0.25, 0.3) is 0 Å². The summed E-state index contributed by atoms with van der Waals surface area (Å²) in [6, 6.07) is 42.9. The summed E-state index contributed by atoms with van der Waals surface area (Å²) >= 11 is 0. The molecule has 1 aromatic heterocycles. The van der Waals surface area contributed by atoms with Crippen LogP contribution < -0.4 is 5.72 Å². The maximum Gasteiger partial charge on any atom is 0.241 e. The minimum Gasteiger partial charge on any atom is -0.346 e. The van der Waals surface area contributed by atoms with Gasteiger partial charge in [-0.3, -0.25) is 4.98 Å². The number of nitrogens with zero attached hydrogens (tertiary/aromatic N) is 2. The third kappa shape index (κ3) is 7.49. The molecule has 0 bridgehead atoms. The van der Waals surface area contributed by atoms with Gasteiger partial charge in [-0.05, 0) is 35.1 Å². The monoisotopic (exact) mass is 535 g/mol. The number of aromatic nitrogens is 2. The molecule has 0 spiro atoms. The predicted molar refractivity (Wildman–Crippen MR) is 175 cm³/mol. The van der Waals surface area contributed by atoms with Crippen molar-refractivity contribution in [2.24, 2.45) is 0 Å². The molecule has 0 unspecified atom stereocenters. The van der Waals surface area contributed by atoms with E-state index < -0.39 is 9.52 Å². The molecular formula is C36H36BN2Si. The van der Waals surface area contributed by atoms with Crippen LogP contribution in [0.5, 0.6) is 0 Å². The van der Waals surface area contributed by atoms with Gasteiger partial charge in [0.2, 0.25) is 7.28 Å². The molecule has 0 saturated carbocycles. The Morgan fingerprint density at radius 1 is 0.800 bits per heavy atom. The summed E-state index contributed by atoms with van der Waals surface area (Å²) in [6.45, 7) is 2.30. The molecule has 1 heterocycles. The zero-order valence-corrected chi connectivity index (χ0v) is 24.6. The van der Waals surface area contributed by atoms with E-state index in [0.29, 0.717) is 5.92 Å². The highest BCUT2D eigenvalue weighted by atomic mass is 28.2. The fourth-order valence-electron chi connectivity index (χ4n) is 5.16. The number of imidazole rings is 1. The molecule has 1 radical (unpaired) electrons. The Labute approximate surface area is 242 Å². The molecule has 0 aliphatic carbocycles. The fourth-order valence-corrected chi connectivity index (χ4v) is 6.79. The normalized spacial score (nSPS) is 12.3. The van der Waals surface area contributed by atoms with Gasteiger partial charge in [0.15, 0.2) is 0 Å². The highest BCUT2D eigenvalue weighted by Gasteiger charge is 2.14. The molecule has 0 atom stereocenters. The van der Waals surface area contributed by atoms with E-state index in [1.807, 2.05) is 6.20 Å². The molecule has 40 heavy (non-hydrogen) atoms. The smallest absolute Gasteiger partial charge is 0.241 e. The van der Waals surface area contributed by atoms with E-state index in [4.69, 9.17) is 4.98 Å². The van der Waals surface area contributed by atoms with Crippen molar-refractivity contribution in [3.63, 3.8) is 0 Å². The Kier molecular flexibility index (Phi) is 9.80. The summed E-state index contributed by atoms with van der Waals surface area (Å²) in [5.74, 6) is 0.381. The lowest BCUT2D eigenvalue weighted by molar-refractivity contribution is 0.823.